The van der Waals surface area contributed by atoms with E-state index in [2.05, 4.69) is 33.5 Å². The largest absolute Gasteiger partial charge is 0.494 e. The summed E-state index contributed by atoms with van der Waals surface area (Å²) in [6, 6.07) is 14.6. The number of aryl methyl sites for hydroxylation is 1. The zero-order valence-electron chi connectivity index (χ0n) is 22.6. The van der Waals surface area contributed by atoms with Gasteiger partial charge in [0.05, 0.1) is 18.8 Å². The molecule has 4 aromatic rings. The van der Waals surface area contributed by atoms with E-state index >= 15 is 0 Å². The minimum Gasteiger partial charge on any atom is -0.494 e. The van der Waals surface area contributed by atoms with Crippen LogP contribution in [0.1, 0.15) is 43.0 Å². The molecule has 0 bridgehead atoms. The van der Waals surface area contributed by atoms with Gasteiger partial charge in [-0.15, -0.1) is 0 Å². The lowest BCUT2D eigenvalue weighted by molar-refractivity contribution is 0.0597. The molecule has 0 spiro atoms. The normalized spacial score (nSPS) is 19.7. The van der Waals surface area contributed by atoms with Crippen molar-refractivity contribution in [2.45, 2.75) is 51.2 Å². The van der Waals surface area contributed by atoms with Gasteiger partial charge in [-0.05, 0) is 57.7 Å². The van der Waals surface area contributed by atoms with Gasteiger partial charge in [0.2, 0.25) is 0 Å². The second-order valence-electron chi connectivity index (χ2n) is 10.8. The second kappa shape index (κ2) is 9.91. The van der Waals surface area contributed by atoms with Gasteiger partial charge < -0.3 is 24.1 Å². The predicted molar refractivity (Wildman–Crippen MR) is 149 cm³/mol. The third kappa shape index (κ3) is 4.36. The number of carbonyl (C=O) groups is 1. The smallest absolute Gasteiger partial charge is 0.254 e. The Hall–Kier alpha value is -3.65. The monoisotopic (exact) mass is 512 g/mol. The van der Waals surface area contributed by atoms with E-state index in [1.807, 2.05) is 55.5 Å². The minimum absolute atomic E-state index is 0.0231. The van der Waals surface area contributed by atoms with E-state index in [9.17, 15) is 4.79 Å². The van der Waals surface area contributed by atoms with E-state index in [4.69, 9.17) is 14.7 Å². The van der Waals surface area contributed by atoms with Gasteiger partial charge >= 0.3 is 0 Å². The van der Waals surface area contributed by atoms with Crippen LogP contribution in [-0.4, -0.2) is 62.7 Å². The highest BCUT2D eigenvalue weighted by Crippen LogP contribution is 2.37. The molecule has 0 radical (unpaired) electrons. The first-order chi connectivity index (χ1) is 18.5. The Bertz CT molecular complexity index is 1470. The maximum Gasteiger partial charge on any atom is 0.254 e. The Balaban J connectivity index is 1.43. The van der Waals surface area contributed by atoms with Gasteiger partial charge in [-0.25, -0.2) is 9.97 Å². The Morgan fingerprint density at radius 3 is 2.61 bits per heavy atom. The van der Waals surface area contributed by atoms with E-state index in [-0.39, 0.29) is 11.9 Å². The number of piperidine rings is 1. The molecule has 3 heterocycles. The maximum absolute atomic E-state index is 13.7. The van der Waals surface area contributed by atoms with Crippen molar-refractivity contribution in [2.75, 3.05) is 20.7 Å². The fraction of sp³-hybridized carbons (Fsp3) is 0.433. The zero-order valence-corrected chi connectivity index (χ0v) is 22.6. The fourth-order valence-electron chi connectivity index (χ4n) is 5.73. The van der Waals surface area contributed by atoms with E-state index < -0.39 is 0 Å². The van der Waals surface area contributed by atoms with Gasteiger partial charge in [0.15, 0.2) is 5.82 Å². The average molecular weight is 513 g/mol. The molecule has 1 amide bonds. The molecule has 1 saturated carbocycles. The number of nitrogens with zero attached hydrogens (tertiary/aromatic N) is 5. The lowest BCUT2D eigenvalue weighted by Gasteiger charge is -2.38. The number of likely N-dealkylation sites (N-methyl/N-ethyl adjacent to an activating group) is 1. The summed E-state index contributed by atoms with van der Waals surface area (Å²) in [7, 11) is 5.63. The highest BCUT2D eigenvalue weighted by Gasteiger charge is 2.31. The molecule has 2 atom stereocenters. The molecule has 2 fully saturated rings. The van der Waals surface area contributed by atoms with Crippen LogP contribution in [0, 0.1) is 5.92 Å². The van der Waals surface area contributed by atoms with E-state index in [0.29, 0.717) is 29.8 Å². The third-order valence-electron chi connectivity index (χ3n) is 8.21. The summed E-state index contributed by atoms with van der Waals surface area (Å²) < 4.78 is 10.2. The molecule has 2 aromatic carbocycles. The number of benzene rings is 2. The van der Waals surface area contributed by atoms with Gasteiger partial charge in [-0.2, -0.15) is 0 Å². The number of imidazole rings is 2. The molecular weight excluding hydrogens is 476 g/mol. The van der Waals surface area contributed by atoms with Crippen LogP contribution in [0.4, 0.5) is 0 Å². The van der Waals surface area contributed by atoms with Crippen molar-refractivity contribution in [2.24, 2.45) is 13.0 Å². The molecule has 1 aliphatic carbocycles. The van der Waals surface area contributed by atoms with Gasteiger partial charge in [-0.3, -0.25) is 4.79 Å². The van der Waals surface area contributed by atoms with Crippen molar-refractivity contribution in [1.82, 2.24) is 29.3 Å². The topological polar surface area (TPSA) is 77.2 Å². The number of methoxy groups -OCH3 is 1. The van der Waals surface area contributed by atoms with Crippen LogP contribution in [0.25, 0.3) is 33.9 Å². The van der Waals surface area contributed by atoms with Gasteiger partial charge in [0, 0.05) is 43.3 Å². The highest BCUT2D eigenvalue weighted by atomic mass is 16.5. The molecular formula is C30H36N6O2. The van der Waals surface area contributed by atoms with Crippen molar-refractivity contribution in [3.63, 3.8) is 0 Å². The first kappa shape index (κ1) is 24.7. The number of hydrogen-bond donors (Lipinski definition) is 1. The van der Waals surface area contributed by atoms with Crippen molar-refractivity contribution >= 4 is 16.9 Å². The van der Waals surface area contributed by atoms with Crippen molar-refractivity contribution in [3.05, 3.63) is 54.2 Å². The SMILES string of the molecule is CN[C@H]1CC[C@@H](C)N(C(=O)c2cc(OC)c3c(c2)nc(-c2cnc(-c4ccccc4)n2CC2CC2)n3C)C1. The van der Waals surface area contributed by atoms with Crippen LogP contribution in [0.15, 0.2) is 48.7 Å². The van der Waals surface area contributed by atoms with E-state index in [1.165, 1.54) is 12.8 Å². The maximum atomic E-state index is 13.7. The number of aromatic nitrogens is 4. The average Bonchev–Trinajstić information content (AvgIpc) is 3.58. The first-order valence-corrected chi connectivity index (χ1v) is 13.6. The minimum atomic E-state index is 0.0231. The summed E-state index contributed by atoms with van der Waals surface area (Å²) in [5.41, 5.74) is 4.31. The zero-order chi connectivity index (χ0) is 26.4. The Labute approximate surface area is 223 Å². The summed E-state index contributed by atoms with van der Waals surface area (Å²) >= 11 is 0. The van der Waals surface area contributed by atoms with E-state index in [1.54, 1.807) is 7.11 Å². The van der Waals surface area contributed by atoms with Gasteiger partial charge in [0.1, 0.15) is 22.8 Å². The van der Waals surface area contributed by atoms with Crippen LogP contribution in [-0.2, 0) is 13.6 Å². The molecule has 6 rings (SSSR count). The summed E-state index contributed by atoms with van der Waals surface area (Å²) in [5.74, 6) is 3.13. The number of hydrogen-bond acceptors (Lipinski definition) is 5. The number of likely N-dealkylation sites (tertiary alicyclic amines) is 1. The molecule has 1 saturated heterocycles. The summed E-state index contributed by atoms with van der Waals surface area (Å²) in [4.78, 5) is 25.6. The Morgan fingerprint density at radius 2 is 1.89 bits per heavy atom. The molecule has 38 heavy (non-hydrogen) atoms. The van der Waals surface area contributed by atoms with Crippen LogP contribution < -0.4 is 10.1 Å². The molecule has 8 heteroatoms. The lowest BCUT2D eigenvalue weighted by atomic mass is 9.98. The summed E-state index contributed by atoms with van der Waals surface area (Å²) in [6.45, 7) is 3.75. The summed E-state index contributed by atoms with van der Waals surface area (Å²) in [6.07, 6.45) is 6.48. The van der Waals surface area contributed by atoms with Gasteiger partial charge in [-0.1, -0.05) is 30.3 Å². The number of fused-ring (bicyclic) bond motifs is 1. The molecule has 198 valence electrons. The molecule has 1 N–H and O–H groups in total. The van der Waals surface area contributed by atoms with Gasteiger partial charge in [0.25, 0.3) is 5.91 Å². The standard InChI is InChI=1S/C30H36N6O2/c1-19-10-13-23(31-2)18-35(19)30(37)22-14-24-27(26(15-22)38-4)34(3)29(33-24)25-16-32-28(21-8-6-5-7-9-21)36(25)17-20-11-12-20/h5-9,14-16,19-20,23,31H,10-13,17-18H2,1-4H3/t19-,23+/m1/s1. The van der Waals surface area contributed by atoms with Crippen LogP contribution in [0.5, 0.6) is 5.75 Å². The van der Waals surface area contributed by atoms with Crippen LogP contribution in [0.3, 0.4) is 0 Å². The van der Waals surface area contributed by atoms with Crippen molar-refractivity contribution in [1.29, 1.82) is 0 Å². The summed E-state index contributed by atoms with van der Waals surface area (Å²) in [5, 5.41) is 3.34. The lowest BCUT2D eigenvalue weighted by Crippen LogP contribution is -2.51. The van der Waals surface area contributed by atoms with E-state index in [0.717, 1.165) is 53.3 Å². The highest BCUT2D eigenvalue weighted by molar-refractivity contribution is 6.00. The van der Waals surface area contributed by atoms with Crippen LogP contribution >= 0.6 is 0 Å². The number of ether oxygens (including phenoxy) is 1. The van der Waals surface area contributed by atoms with Crippen molar-refractivity contribution in [3.8, 4) is 28.7 Å². The molecule has 2 aliphatic rings. The quantitative estimate of drug-likeness (QED) is 0.387. The molecule has 2 aromatic heterocycles. The number of nitrogens with one attached hydrogen (secondary N) is 1. The molecule has 1 aliphatic heterocycles. The number of rotatable bonds is 7. The number of carbonyl (C=O) groups excluding carboxylic acids is 1. The Kier molecular flexibility index (Phi) is 6.43. The fourth-order valence-corrected chi connectivity index (χ4v) is 5.73. The predicted octanol–water partition coefficient (Wildman–Crippen LogP) is 4.73. The van der Waals surface area contributed by atoms with Crippen molar-refractivity contribution < 1.29 is 9.53 Å². The Morgan fingerprint density at radius 1 is 1.11 bits per heavy atom. The second-order valence-corrected chi connectivity index (χ2v) is 10.8. The first-order valence-electron chi connectivity index (χ1n) is 13.6. The third-order valence-corrected chi connectivity index (χ3v) is 8.21. The molecule has 8 nitrogen and oxygen atoms in total. The van der Waals surface area contributed by atoms with Crippen LogP contribution in [0.2, 0.25) is 0 Å². The molecule has 0 unspecified atom stereocenters. The number of amides is 1.